The molecule has 2 amide bonds. The lowest BCUT2D eigenvalue weighted by Crippen LogP contribution is -2.48. The molecule has 1 aromatic heterocycles. The van der Waals surface area contributed by atoms with Crippen LogP contribution in [0.3, 0.4) is 0 Å². The third-order valence-corrected chi connectivity index (χ3v) is 7.82. The predicted octanol–water partition coefficient (Wildman–Crippen LogP) is 4.00. The Morgan fingerprint density at radius 1 is 0.953 bits per heavy atom. The van der Waals surface area contributed by atoms with Gasteiger partial charge in [-0.3, -0.25) is 9.59 Å². The second kappa shape index (κ2) is 15.2. The number of methoxy groups -OCH3 is 1. The summed E-state index contributed by atoms with van der Waals surface area (Å²) in [6, 6.07) is 22.6. The van der Waals surface area contributed by atoms with Crippen molar-refractivity contribution in [3.63, 3.8) is 0 Å². The summed E-state index contributed by atoms with van der Waals surface area (Å²) >= 11 is 1.50. The van der Waals surface area contributed by atoms with Gasteiger partial charge in [-0.25, -0.2) is 9.78 Å². The number of hydrogen-bond acceptors (Lipinski definition) is 8. The number of aromatic nitrogens is 1. The molecule has 0 unspecified atom stereocenters. The minimum absolute atomic E-state index is 0.194. The van der Waals surface area contributed by atoms with E-state index in [1.165, 1.54) is 18.4 Å². The highest BCUT2D eigenvalue weighted by atomic mass is 32.1. The van der Waals surface area contributed by atoms with E-state index in [0.717, 1.165) is 21.8 Å². The SMILES string of the molecule is COC(=O)c1cccc(CNC[C@@H](O)[C@H](Cc2ccccc2)NC(=O)c2cccc(C(=O)N(C)Cc3nc(C)cs3)c2)c1. The minimum Gasteiger partial charge on any atom is -0.465 e. The topological polar surface area (TPSA) is 121 Å². The average Bonchev–Trinajstić information content (AvgIpc) is 3.44. The molecular formula is C33H36N4O5S. The number of nitrogens with one attached hydrogen (secondary N) is 2. The van der Waals surface area contributed by atoms with Gasteiger partial charge in [-0.15, -0.1) is 11.3 Å². The van der Waals surface area contributed by atoms with E-state index in [2.05, 4.69) is 15.6 Å². The maximum Gasteiger partial charge on any atom is 0.337 e. The molecule has 4 rings (SSSR count). The van der Waals surface area contributed by atoms with Crippen LogP contribution in [-0.2, 0) is 24.2 Å². The first kappa shape index (κ1) is 31.6. The van der Waals surface area contributed by atoms with Gasteiger partial charge >= 0.3 is 5.97 Å². The van der Waals surface area contributed by atoms with Gasteiger partial charge in [0.15, 0.2) is 0 Å². The van der Waals surface area contributed by atoms with Crippen LogP contribution in [0, 0.1) is 6.92 Å². The van der Waals surface area contributed by atoms with Gasteiger partial charge in [-0.1, -0.05) is 48.5 Å². The highest BCUT2D eigenvalue weighted by Gasteiger charge is 2.23. The van der Waals surface area contributed by atoms with E-state index in [9.17, 15) is 19.5 Å². The van der Waals surface area contributed by atoms with Crippen molar-refractivity contribution in [2.45, 2.75) is 38.6 Å². The number of thiazole rings is 1. The van der Waals surface area contributed by atoms with Crippen LogP contribution in [0.5, 0.6) is 0 Å². The first-order valence-electron chi connectivity index (χ1n) is 13.9. The molecule has 0 aliphatic carbocycles. The van der Waals surface area contributed by atoms with Crippen LogP contribution in [0.4, 0.5) is 0 Å². The number of esters is 1. The number of aryl methyl sites for hydroxylation is 1. The molecule has 0 saturated carbocycles. The standard InChI is InChI=1S/C33H36N4O5S/c1-22-21-43-30(35-22)20-37(2)32(40)26-13-8-12-25(17-26)31(39)36-28(16-23-9-5-4-6-10-23)29(38)19-34-18-24-11-7-14-27(15-24)33(41)42-3/h4-15,17,21,28-29,34,38H,16,18-20H2,1-3H3,(H,36,39)/t28-,29+/m0/s1. The Kier molecular flexibility index (Phi) is 11.2. The van der Waals surface area contributed by atoms with E-state index >= 15 is 0 Å². The Morgan fingerprint density at radius 3 is 2.37 bits per heavy atom. The van der Waals surface area contributed by atoms with Crippen molar-refractivity contribution in [2.75, 3.05) is 20.7 Å². The monoisotopic (exact) mass is 600 g/mol. The molecule has 0 saturated heterocycles. The Balaban J connectivity index is 1.42. The lowest BCUT2D eigenvalue weighted by Gasteiger charge is -2.25. The van der Waals surface area contributed by atoms with E-state index in [-0.39, 0.29) is 12.5 Å². The van der Waals surface area contributed by atoms with Crippen molar-refractivity contribution in [3.05, 3.63) is 123 Å². The van der Waals surface area contributed by atoms with Gasteiger partial charge in [0.2, 0.25) is 0 Å². The van der Waals surface area contributed by atoms with Crippen LogP contribution < -0.4 is 10.6 Å². The molecule has 9 nitrogen and oxygen atoms in total. The molecule has 0 aliphatic rings. The van der Waals surface area contributed by atoms with Crippen LogP contribution in [-0.4, -0.2) is 65.6 Å². The molecule has 3 aromatic carbocycles. The quantitative estimate of drug-likeness (QED) is 0.198. The number of carbonyl (C=O) groups is 3. The fourth-order valence-electron chi connectivity index (χ4n) is 4.60. The summed E-state index contributed by atoms with van der Waals surface area (Å²) in [5.74, 6) is -1.03. The molecule has 224 valence electrons. The molecule has 0 radical (unpaired) electrons. The Hall–Kier alpha value is -4.38. The Bertz CT molecular complexity index is 1540. The number of aliphatic hydroxyl groups is 1. The number of rotatable bonds is 13. The second-order valence-corrected chi connectivity index (χ2v) is 11.2. The smallest absolute Gasteiger partial charge is 0.337 e. The van der Waals surface area contributed by atoms with E-state index in [1.807, 2.05) is 48.7 Å². The van der Waals surface area contributed by atoms with E-state index in [4.69, 9.17) is 4.74 Å². The van der Waals surface area contributed by atoms with Crippen molar-refractivity contribution < 1.29 is 24.2 Å². The lowest BCUT2D eigenvalue weighted by molar-refractivity contribution is 0.0600. The lowest BCUT2D eigenvalue weighted by atomic mass is 10.00. The largest absolute Gasteiger partial charge is 0.465 e. The number of amides is 2. The number of carbonyl (C=O) groups excluding carboxylic acids is 3. The van der Waals surface area contributed by atoms with Crippen molar-refractivity contribution >= 4 is 29.1 Å². The van der Waals surface area contributed by atoms with E-state index in [1.54, 1.807) is 54.4 Å². The highest BCUT2D eigenvalue weighted by molar-refractivity contribution is 7.09. The summed E-state index contributed by atoms with van der Waals surface area (Å²) in [7, 11) is 3.04. The van der Waals surface area contributed by atoms with Crippen LogP contribution in [0.1, 0.15) is 52.9 Å². The van der Waals surface area contributed by atoms with E-state index in [0.29, 0.717) is 36.2 Å². The summed E-state index contributed by atoms with van der Waals surface area (Å²) in [4.78, 5) is 44.3. The van der Waals surface area contributed by atoms with Gasteiger partial charge in [0.1, 0.15) is 5.01 Å². The van der Waals surface area contributed by atoms with Crippen molar-refractivity contribution in [3.8, 4) is 0 Å². The van der Waals surface area contributed by atoms with Gasteiger partial charge in [0.25, 0.3) is 11.8 Å². The molecule has 3 N–H and O–H groups in total. The van der Waals surface area contributed by atoms with Gasteiger partial charge in [0.05, 0.1) is 31.4 Å². The van der Waals surface area contributed by atoms with Crippen molar-refractivity contribution in [1.29, 1.82) is 0 Å². The molecule has 1 heterocycles. The molecule has 10 heteroatoms. The summed E-state index contributed by atoms with van der Waals surface area (Å²) in [5.41, 5.74) is 3.88. The zero-order chi connectivity index (χ0) is 30.8. The van der Waals surface area contributed by atoms with Crippen LogP contribution in [0.25, 0.3) is 0 Å². The highest BCUT2D eigenvalue weighted by Crippen LogP contribution is 2.15. The molecule has 0 spiro atoms. The first-order chi connectivity index (χ1) is 20.7. The van der Waals surface area contributed by atoms with Gasteiger partial charge in [-0.05, 0) is 54.8 Å². The fraction of sp³-hybridized carbons (Fsp3) is 0.273. The summed E-state index contributed by atoms with van der Waals surface area (Å²) in [5, 5.41) is 20.1. The summed E-state index contributed by atoms with van der Waals surface area (Å²) in [6.45, 7) is 2.89. The van der Waals surface area contributed by atoms with Crippen molar-refractivity contribution in [2.24, 2.45) is 0 Å². The third-order valence-electron chi connectivity index (χ3n) is 6.87. The summed E-state index contributed by atoms with van der Waals surface area (Å²) < 4.78 is 4.79. The zero-order valence-electron chi connectivity index (χ0n) is 24.4. The molecule has 0 bridgehead atoms. The number of nitrogens with zero attached hydrogens (tertiary/aromatic N) is 2. The summed E-state index contributed by atoms with van der Waals surface area (Å²) in [6.07, 6.45) is -0.521. The number of ether oxygens (including phenoxy) is 1. The van der Waals surface area contributed by atoms with E-state index < -0.39 is 24.0 Å². The van der Waals surface area contributed by atoms with Crippen LogP contribution in [0.2, 0.25) is 0 Å². The Labute approximate surface area is 255 Å². The number of hydrogen-bond donors (Lipinski definition) is 3. The first-order valence-corrected chi connectivity index (χ1v) is 14.8. The van der Waals surface area contributed by atoms with Crippen molar-refractivity contribution in [1.82, 2.24) is 20.5 Å². The van der Waals surface area contributed by atoms with Gasteiger partial charge in [-0.2, -0.15) is 0 Å². The fourth-order valence-corrected chi connectivity index (χ4v) is 5.42. The second-order valence-electron chi connectivity index (χ2n) is 10.3. The minimum atomic E-state index is -0.925. The maximum absolute atomic E-state index is 13.4. The zero-order valence-corrected chi connectivity index (χ0v) is 25.3. The molecule has 0 aliphatic heterocycles. The maximum atomic E-state index is 13.4. The molecular weight excluding hydrogens is 564 g/mol. The van der Waals surface area contributed by atoms with Crippen LogP contribution in [0.15, 0.2) is 84.2 Å². The Morgan fingerprint density at radius 2 is 1.65 bits per heavy atom. The average molecular weight is 601 g/mol. The number of aliphatic hydroxyl groups excluding tert-OH is 1. The molecule has 4 aromatic rings. The number of benzene rings is 3. The van der Waals surface area contributed by atoms with Gasteiger partial charge < -0.3 is 25.4 Å². The molecule has 2 atom stereocenters. The molecule has 43 heavy (non-hydrogen) atoms. The molecule has 0 fully saturated rings. The predicted molar refractivity (Wildman–Crippen MR) is 166 cm³/mol. The third kappa shape index (κ3) is 9.05. The van der Waals surface area contributed by atoms with Crippen LogP contribution >= 0.6 is 11.3 Å². The van der Waals surface area contributed by atoms with Gasteiger partial charge in [0, 0.05) is 42.3 Å². The normalized spacial score (nSPS) is 12.3.